The van der Waals surface area contributed by atoms with E-state index in [2.05, 4.69) is 0 Å². The highest BCUT2D eigenvalue weighted by molar-refractivity contribution is 7.96. The summed E-state index contributed by atoms with van der Waals surface area (Å²) in [5, 5.41) is 5.34. The minimum atomic E-state index is -0.311. The van der Waals surface area contributed by atoms with Gasteiger partial charge in [-0.2, -0.15) is 0 Å². The zero-order chi connectivity index (χ0) is 9.68. The highest BCUT2D eigenvalue weighted by Crippen LogP contribution is 2.20. The summed E-state index contributed by atoms with van der Waals surface area (Å²) < 4.78 is 4.99. The third kappa shape index (κ3) is 3.08. The van der Waals surface area contributed by atoms with Gasteiger partial charge in [-0.1, -0.05) is 30.1 Å². The van der Waals surface area contributed by atoms with Crippen LogP contribution in [0.25, 0.3) is 0 Å². The number of benzene rings is 1. The summed E-state index contributed by atoms with van der Waals surface area (Å²) in [7, 11) is 0. The van der Waals surface area contributed by atoms with Crippen LogP contribution in [0.1, 0.15) is 12.5 Å². The molecule has 1 aromatic carbocycles. The van der Waals surface area contributed by atoms with Crippen LogP contribution in [0.4, 0.5) is 0 Å². The van der Waals surface area contributed by atoms with Crippen LogP contribution in [0.3, 0.4) is 0 Å². The number of rotatable bonds is 3. The molecule has 0 radical (unpaired) electrons. The number of esters is 1. The summed E-state index contributed by atoms with van der Waals surface area (Å²) in [5.41, 5.74) is 0.935. The molecular formula is C9H11NO2S. The number of hydrogen-bond acceptors (Lipinski definition) is 4. The van der Waals surface area contributed by atoms with Crippen LogP contribution in [-0.4, -0.2) is 5.97 Å². The number of para-hydroxylation sites is 1. The van der Waals surface area contributed by atoms with Gasteiger partial charge in [0.05, 0.1) is 0 Å². The Bertz CT molecular complexity index is 301. The summed E-state index contributed by atoms with van der Waals surface area (Å²) in [4.78, 5) is 10.7. The second kappa shape index (κ2) is 4.89. The largest absolute Gasteiger partial charge is 0.426 e. The van der Waals surface area contributed by atoms with E-state index in [1.54, 1.807) is 6.07 Å². The third-order valence-electron chi connectivity index (χ3n) is 1.47. The molecule has 2 N–H and O–H groups in total. The first kappa shape index (κ1) is 10.1. The van der Waals surface area contributed by atoms with Gasteiger partial charge in [0.1, 0.15) is 5.75 Å². The van der Waals surface area contributed by atoms with E-state index in [1.807, 2.05) is 18.2 Å². The number of nitrogens with two attached hydrogens (primary N) is 1. The normalized spacial score (nSPS) is 9.69. The Morgan fingerprint density at radius 3 is 2.85 bits per heavy atom. The van der Waals surface area contributed by atoms with Crippen LogP contribution in [0.2, 0.25) is 0 Å². The topological polar surface area (TPSA) is 52.3 Å². The van der Waals surface area contributed by atoms with Crippen LogP contribution < -0.4 is 9.88 Å². The fraction of sp³-hybridized carbons (Fsp3) is 0.222. The molecule has 0 aliphatic heterocycles. The van der Waals surface area contributed by atoms with Gasteiger partial charge in [-0.3, -0.25) is 9.93 Å². The Kier molecular flexibility index (Phi) is 3.79. The minimum absolute atomic E-state index is 0.311. The van der Waals surface area contributed by atoms with Crippen LogP contribution in [0, 0.1) is 0 Å². The molecule has 3 nitrogen and oxygen atoms in total. The molecule has 70 valence electrons. The predicted octanol–water partition coefficient (Wildman–Crippen LogP) is 1.72. The van der Waals surface area contributed by atoms with E-state index >= 15 is 0 Å². The fourth-order valence-corrected chi connectivity index (χ4v) is 1.39. The minimum Gasteiger partial charge on any atom is -0.426 e. The van der Waals surface area contributed by atoms with Gasteiger partial charge < -0.3 is 4.74 Å². The maximum absolute atomic E-state index is 10.7. The van der Waals surface area contributed by atoms with E-state index < -0.39 is 0 Å². The van der Waals surface area contributed by atoms with E-state index in [4.69, 9.17) is 9.88 Å². The summed E-state index contributed by atoms with van der Waals surface area (Å²) in [6.45, 7) is 1.38. The first-order valence-corrected chi connectivity index (χ1v) is 4.87. The van der Waals surface area contributed by atoms with E-state index in [0.717, 1.165) is 5.56 Å². The van der Waals surface area contributed by atoms with Gasteiger partial charge in [0, 0.05) is 18.2 Å². The quantitative estimate of drug-likeness (QED) is 0.455. The van der Waals surface area contributed by atoms with Crippen molar-refractivity contribution < 1.29 is 9.53 Å². The van der Waals surface area contributed by atoms with Gasteiger partial charge in [0.2, 0.25) is 0 Å². The van der Waals surface area contributed by atoms with Crippen molar-refractivity contribution in [1.82, 2.24) is 0 Å². The molecule has 13 heavy (non-hydrogen) atoms. The zero-order valence-electron chi connectivity index (χ0n) is 7.32. The predicted molar refractivity (Wildman–Crippen MR) is 53.2 cm³/mol. The van der Waals surface area contributed by atoms with Gasteiger partial charge in [-0.05, 0) is 6.07 Å². The SMILES string of the molecule is CC(=O)Oc1ccccc1CSN. The highest BCUT2D eigenvalue weighted by Gasteiger charge is 2.03. The lowest BCUT2D eigenvalue weighted by atomic mass is 10.2. The van der Waals surface area contributed by atoms with Crippen LogP contribution in [-0.2, 0) is 10.5 Å². The van der Waals surface area contributed by atoms with Gasteiger partial charge in [-0.25, -0.2) is 0 Å². The molecule has 0 fully saturated rings. The molecular weight excluding hydrogens is 186 g/mol. The van der Waals surface area contributed by atoms with Crippen molar-refractivity contribution >= 4 is 17.9 Å². The lowest BCUT2D eigenvalue weighted by molar-refractivity contribution is -0.131. The van der Waals surface area contributed by atoms with Crippen LogP contribution in [0.5, 0.6) is 5.75 Å². The van der Waals surface area contributed by atoms with Crippen LogP contribution in [0.15, 0.2) is 24.3 Å². The number of carbonyl (C=O) groups is 1. The van der Waals surface area contributed by atoms with Gasteiger partial charge in [0.25, 0.3) is 0 Å². The highest BCUT2D eigenvalue weighted by atomic mass is 32.2. The molecule has 0 aliphatic carbocycles. The third-order valence-corrected chi connectivity index (χ3v) is 1.94. The van der Waals surface area contributed by atoms with Crippen molar-refractivity contribution in [2.24, 2.45) is 5.14 Å². The van der Waals surface area contributed by atoms with Crippen molar-refractivity contribution in [3.05, 3.63) is 29.8 Å². The van der Waals surface area contributed by atoms with Crippen molar-refractivity contribution in [2.75, 3.05) is 0 Å². The molecule has 1 rings (SSSR count). The van der Waals surface area contributed by atoms with E-state index in [-0.39, 0.29) is 5.97 Å². The van der Waals surface area contributed by atoms with Gasteiger partial charge in [-0.15, -0.1) is 0 Å². The first-order valence-electron chi connectivity index (χ1n) is 3.82. The lowest BCUT2D eigenvalue weighted by Crippen LogP contribution is -2.03. The Labute approximate surface area is 81.4 Å². The van der Waals surface area contributed by atoms with Gasteiger partial charge >= 0.3 is 5.97 Å². The lowest BCUT2D eigenvalue weighted by Gasteiger charge is -2.06. The molecule has 0 heterocycles. The number of hydrogen-bond donors (Lipinski definition) is 1. The molecule has 0 spiro atoms. The standard InChI is InChI=1S/C9H11NO2S/c1-7(11)12-9-5-3-2-4-8(9)6-13-10/h2-5H,6,10H2,1H3. The number of carbonyl (C=O) groups excluding carboxylic acids is 1. The monoisotopic (exact) mass is 197 g/mol. The summed E-state index contributed by atoms with van der Waals surface area (Å²) >= 11 is 1.20. The Balaban J connectivity index is 2.84. The maximum atomic E-state index is 10.7. The van der Waals surface area contributed by atoms with E-state index in [0.29, 0.717) is 11.5 Å². The first-order chi connectivity index (χ1) is 6.24. The Morgan fingerprint density at radius 1 is 1.54 bits per heavy atom. The molecule has 0 saturated carbocycles. The maximum Gasteiger partial charge on any atom is 0.308 e. The molecule has 0 saturated heterocycles. The number of ether oxygens (including phenoxy) is 1. The average Bonchev–Trinajstić information content (AvgIpc) is 2.08. The molecule has 1 aromatic rings. The van der Waals surface area contributed by atoms with Crippen molar-refractivity contribution in [3.8, 4) is 5.75 Å². The summed E-state index contributed by atoms with van der Waals surface area (Å²) in [6.07, 6.45) is 0. The fourth-order valence-electron chi connectivity index (χ4n) is 0.967. The second-order valence-electron chi connectivity index (χ2n) is 2.51. The Hall–Kier alpha value is -1.00. The molecule has 0 amide bonds. The molecule has 0 aliphatic rings. The van der Waals surface area contributed by atoms with E-state index in [1.165, 1.54) is 18.9 Å². The Morgan fingerprint density at radius 2 is 2.23 bits per heavy atom. The molecule has 0 atom stereocenters. The molecule has 0 unspecified atom stereocenters. The van der Waals surface area contributed by atoms with Crippen LogP contribution >= 0.6 is 11.9 Å². The second-order valence-corrected chi connectivity index (χ2v) is 3.13. The molecule has 4 heteroatoms. The van der Waals surface area contributed by atoms with Crippen molar-refractivity contribution in [1.29, 1.82) is 0 Å². The average molecular weight is 197 g/mol. The zero-order valence-corrected chi connectivity index (χ0v) is 8.14. The summed E-state index contributed by atoms with van der Waals surface area (Å²) in [5.74, 6) is 0.922. The smallest absolute Gasteiger partial charge is 0.308 e. The molecule has 0 aromatic heterocycles. The van der Waals surface area contributed by atoms with E-state index in [9.17, 15) is 4.79 Å². The van der Waals surface area contributed by atoms with Gasteiger partial charge in [0.15, 0.2) is 0 Å². The van der Waals surface area contributed by atoms with Crippen molar-refractivity contribution in [3.63, 3.8) is 0 Å². The van der Waals surface area contributed by atoms with Crippen molar-refractivity contribution in [2.45, 2.75) is 12.7 Å². The molecule has 0 bridgehead atoms. The summed E-state index contributed by atoms with van der Waals surface area (Å²) in [6, 6.07) is 7.35.